The SMILES string of the molecule is CO[C@H]1/C=C\C=C(/C)C(=O)Nc2cc(O)c(N=Cc3ccccc3)c(c2O)C[C@@H](C)C[C@H](OC)[C@H](O)[C@@H](C)C=C(C)[C@@H]1OC(N)=O. The average molecular weight is 636 g/mol. The number of phenolic OH excluding ortho intramolecular Hbond substituents is 2. The number of nitrogens with one attached hydrogen (secondary N) is 1. The number of aliphatic hydroxyl groups excluding tert-OH is 1. The highest BCUT2D eigenvalue weighted by Crippen LogP contribution is 2.44. The van der Waals surface area contributed by atoms with Gasteiger partial charge in [0.2, 0.25) is 0 Å². The molecule has 0 fully saturated rings. The maximum atomic E-state index is 13.1. The summed E-state index contributed by atoms with van der Waals surface area (Å²) in [5.74, 6) is -1.60. The molecule has 0 spiro atoms. The molecule has 11 heteroatoms. The van der Waals surface area contributed by atoms with Gasteiger partial charge in [0.1, 0.15) is 23.3 Å². The van der Waals surface area contributed by atoms with Crippen LogP contribution >= 0.6 is 0 Å². The summed E-state index contributed by atoms with van der Waals surface area (Å²) in [6, 6.07) is 10.6. The fourth-order valence-corrected chi connectivity index (χ4v) is 5.42. The number of fused-ring (bicyclic) bond motifs is 2. The van der Waals surface area contributed by atoms with Crippen molar-refractivity contribution in [1.29, 1.82) is 0 Å². The van der Waals surface area contributed by atoms with Crippen molar-refractivity contribution >= 4 is 29.6 Å². The maximum Gasteiger partial charge on any atom is 0.405 e. The molecule has 6 N–H and O–H groups in total. The van der Waals surface area contributed by atoms with Crippen LogP contribution in [-0.4, -0.2) is 72.2 Å². The van der Waals surface area contributed by atoms with Crippen LogP contribution in [-0.2, 0) is 25.4 Å². The Kier molecular flexibility index (Phi) is 13.1. The highest BCUT2D eigenvalue weighted by atomic mass is 16.6. The first-order valence-corrected chi connectivity index (χ1v) is 15.1. The smallest absolute Gasteiger partial charge is 0.405 e. The second kappa shape index (κ2) is 16.7. The van der Waals surface area contributed by atoms with Crippen LogP contribution in [0.2, 0.25) is 0 Å². The Morgan fingerprint density at radius 3 is 2.43 bits per heavy atom. The first kappa shape index (κ1) is 36.0. The molecule has 248 valence electrons. The van der Waals surface area contributed by atoms with E-state index in [0.29, 0.717) is 17.6 Å². The molecule has 6 atom stereocenters. The van der Waals surface area contributed by atoms with Crippen LogP contribution in [0.3, 0.4) is 0 Å². The first-order chi connectivity index (χ1) is 21.9. The van der Waals surface area contributed by atoms with Crippen molar-refractivity contribution in [1.82, 2.24) is 0 Å². The van der Waals surface area contributed by atoms with Crippen molar-refractivity contribution < 1.29 is 39.1 Å². The van der Waals surface area contributed by atoms with Crippen molar-refractivity contribution in [2.75, 3.05) is 19.5 Å². The molecule has 11 nitrogen and oxygen atoms in total. The van der Waals surface area contributed by atoms with Crippen LogP contribution < -0.4 is 11.1 Å². The summed E-state index contributed by atoms with van der Waals surface area (Å²) in [5.41, 5.74) is 7.55. The van der Waals surface area contributed by atoms with E-state index >= 15 is 0 Å². The number of hydrogen-bond donors (Lipinski definition) is 5. The van der Waals surface area contributed by atoms with Gasteiger partial charge < -0.3 is 40.6 Å². The highest BCUT2D eigenvalue weighted by Gasteiger charge is 2.30. The Labute approximate surface area is 270 Å². The van der Waals surface area contributed by atoms with Crippen LogP contribution in [0.1, 0.15) is 45.2 Å². The summed E-state index contributed by atoms with van der Waals surface area (Å²) >= 11 is 0. The number of amides is 2. The zero-order valence-electron chi connectivity index (χ0n) is 27.1. The second-order valence-electron chi connectivity index (χ2n) is 11.6. The number of carbonyl (C=O) groups is 2. The van der Waals surface area contributed by atoms with E-state index in [9.17, 15) is 24.9 Å². The summed E-state index contributed by atoms with van der Waals surface area (Å²) in [7, 11) is 2.95. The normalized spacial score (nSPS) is 26.9. The molecule has 0 aromatic heterocycles. The molecule has 3 rings (SSSR count). The Hall–Kier alpha value is -4.45. The Morgan fingerprint density at radius 2 is 1.80 bits per heavy atom. The van der Waals surface area contributed by atoms with Gasteiger partial charge in [-0.3, -0.25) is 9.79 Å². The Bertz CT molecular complexity index is 1480. The first-order valence-electron chi connectivity index (χ1n) is 15.1. The summed E-state index contributed by atoms with van der Waals surface area (Å²) < 4.78 is 16.7. The summed E-state index contributed by atoms with van der Waals surface area (Å²) in [6.45, 7) is 7.08. The number of aliphatic hydroxyl groups is 1. The zero-order chi connectivity index (χ0) is 34.0. The van der Waals surface area contributed by atoms with Crippen LogP contribution in [0.25, 0.3) is 0 Å². The third kappa shape index (κ3) is 9.53. The predicted octanol–water partition coefficient (Wildman–Crippen LogP) is 5.31. The van der Waals surface area contributed by atoms with Crippen molar-refractivity contribution in [3.8, 4) is 11.5 Å². The largest absolute Gasteiger partial charge is 0.506 e. The van der Waals surface area contributed by atoms with Crippen LogP contribution in [0.4, 0.5) is 16.2 Å². The second-order valence-corrected chi connectivity index (χ2v) is 11.6. The van der Waals surface area contributed by atoms with E-state index in [0.717, 1.165) is 5.56 Å². The van der Waals surface area contributed by atoms with E-state index in [1.165, 1.54) is 26.4 Å². The van der Waals surface area contributed by atoms with Crippen molar-refractivity contribution in [3.63, 3.8) is 0 Å². The summed E-state index contributed by atoms with van der Waals surface area (Å²) in [6.07, 6.45) is 4.45. The lowest BCUT2D eigenvalue weighted by atomic mass is 9.87. The van der Waals surface area contributed by atoms with Gasteiger partial charge in [-0.05, 0) is 43.7 Å². The van der Waals surface area contributed by atoms with Gasteiger partial charge in [-0.1, -0.05) is 68.5 Å². The van der Waals surface area contributed by atoms with Gasteiger partial charge in [0.25, 0.3) is 5.91 Å². The lowest BCUT2D eigenvalue weighted by Crippen LogP contribution is -2.37. The molecule has 0 radical (unpaired) electrons. The minimum absolute atomic E-state index is 0.0134. The van der Waals surface area contributed by atoms with Crippen LogP contribution in [0.15, 0.2) is 76.8 Å². The van der Waals surface area contributed by atoms with E-state index in [2.05, 4.69) is 10.3 Å². The highest BCUT2D eigenvalue weighted by molar-refractivity contribution is 6.05. The number of carbonyl (C=O) groups excluding carboxylic acids is 2. The number of allylic oxidation sites excluding steroid dienone is 2. The molecule has 46 heavy (non-hydrogen) atoms. The van der Waals surface area contributed by atoms with E-state index < -0.39 is 42.3 Å². The number of methoxy groups -OCH3 is 2. The average Bonchev–Trinajstić information content (AvgIpc) is 3.02. The van der Waals surface area contributed by atoms with Gasteiger partial charge in [-0.25, -0.2) is 4.79 Å². The number of nitrogens with zero attached hydrogens (tertiary/aromatic N) is 1. The molecular formula is C35H45N3O8. The predicted molar refractivity (Wildman–Crippen MR) is 177 cm³/mol. The molecule has 0 unspecified atom stereocenters. The van der Waals surface area contributed by atoms with Gasteiger partial charge >= 0.3 is 6.09 Å². The molecule has 0 aliphatic carbocycles. The van der Waals surface area contributed by atoms with E-state index in [1.54, 1.807) is 38.3 Å². The summed E-state index contributed by atoms with van der Waals surface area (Å²) in [4.78, 5) is 29.4. The quantitative estimate of drug-likeness (QED) is 0.127. The lowest BCUT2D eigenvalue weighted by molar-refractivity contribution is -0.112. The fourth-order valence-electron chi connectivity index (χ4n) is 5.42. The van der Waals surface area contributed by atoms with E-state index in [1.807, 2.05) is 44.2 Å². The lowest BCUT2D eigenvalue weighted by Gasteiger charge is -2.29. The monoisotopic (exact) mass is 635 g/mol. The number of benzene rings is 2. The number of primary amides is 1. The van der Waals surface area contributed by atoms with Crippen LogP contribution in [0.5, 0.6) is 11.5 Å². The zero-order valence-corrected chi connectivity index (χ0v) is 27.1. The number of rotatable bonds is 5. The molecule has 2 aromatic rings. The third-order valence-corrected chi connectivity index (χ3v) is 7.94. The number of aromatic hydroxyl groups is 2. The Morgan fingerprint density at radius 1 is 1.11 bits per heavy atom. The molecule has 0 saturated carbocycles. The molecule has 1 aliphatic rings. The van der Waals surface area contributed by atoms with Gasteiger partial charge in [0, 0.05) is 43.6 Å². The standard InChI is InChI=1S/C35H45N3O8/c1-20-15-25-30(37-19-24-12-8-7-9-13-24)27(39)18-26(32(25)41)38-34(42)21(2)11-10-14-28(44-5)33(46-35(36)43)23(4)17-22(3)31(40)29(16-20)45-6/h7-14,17-20,22,28-29,31,33,39-41H,15-16H2,1-6H3,(H2,36,43)(H,38,42)/b14-10-,21-11+,23-17?,37-19?/t20-,22+,28+,29+,31-,33+/m1/s1. The maximum absolute atomic E-state index is 13.1. The number of nitrogens with two attached hydrogens (primary N) is 1. The molecule has 2 amide bonds. The molecule has 1 aliphatic heterocycles. The molecule has 0 saturated heterocycles. The summed E-state index contributed by atoms with van der Waals surface area (Å²) in [5, 5.41) is 36.5. The topological polar surface area (TPSA) is 173 Å². The van der Waals surface area contributed by atoms with Gasteiger partial charge in [0.15, 0.2) is 6.10 Å². The number of anilines is 1. The fraction of sp³-hybridized carbons (Fsp3) is 0.400. The van der Waals surface area contributed by atoms with Gasteiger partial charge in [0.05, 0.1) is 17.9 Å². The van der Waals surface area contributed by atoms with Crippen molar-refractivity contribution in [2.24, 2.45) is 22.6 Å². The Balaban J connectivity index is 2.13. The molecule has 1 heterocycles. The molecule has 2 bridgehead atoms. The number of ether oxygens (including phenoxy) is 3. The molecular weight excluding hydrogens is 590 g/mol. The van der Waals surface area contributed by atoms with Crippen molar-refractivity contribution in [3.05, 3.63) is 83.0 Å². The van der Waals surface area contributed by atoms with Crippen LogP contribution in [0, 0.1) is 11.8 Å². The number of hydrogen-bond acceptors (Lipinski definition) is 9. The number of aliphatic imine (C=N–C) groups is 1. The third-order valence-electron chi connectivity index (χ3n) is 7.94. The van der Waals surface area contributed by atoms with Gasteiger partial charge in [-0.15, -0.1) is 0 Å². The minimum atomic E-state index is -0.994. The minimum Gasteiger partial charge on any atom is -0.506 e. The number of phenols is 2. The van der Waals surface area contributed by atoms with E-state index in [-0.39, 0.29) is 40.8 Å². The van der Waals surface area contributed by atoms with Gasteiger partial charge in [-0.2, -0.15) is 0 Å². The van der Waals surface area contributed by atoms with E-state index in [4.69, 9.17) is 19.9 Å². The van der Waals surface area contributed by atoms with Crippen molar-refractivity contribution in [2.45, 2.75) is 65.0 Å². The molecule has 2 aromatic carbocycles.